The predicted octanol–water partition coefficient (Wildman–Crippen LogP) is 7.47. The number of benzene rings is 3. The zero-order valence-corrected chi connectivity index (χ0v) is 40.4. The second-order valence-electron chi connectivity index (χ2n) is 21.3. The van der Waals surface area contributed by atoms with E-state index in [4.69, 9.17) is 23.7 Å². The summed E-state index contributed by atoms with van der Waals surface area (Å²) in [6.07, 6.45) is 4.79. The maximum absolute atomic E-state index is 14.7. The number of fused-ring (bicyclic) bond motifs is 3. The minimum absolute atomic E-state index is 0.0584. The number of epoxide rings is 1. The van der Waals surface area contributed by atoms with E-state index in [0.717, 1.165) is 37.7 Å². The highest BCUT2D eigenvalue weighted by molar-refractivity contribution is 5.98. The lowest BCUT2D eigenvalue weighted by Gasteiger charge is -2.53. The monoisotopic (exact) mass is 932 g/mol. The molecule has 3 aliphatic carbocycles. The highest BCUT2D eigenvalue weighted by atomic mass is 16.8. The molecule has 2 heterocycles. The number of aliphatic hydroxyl groups excluding tert-OH is 2. The van der Waals surface area contributed by atoms with Crippen LogP contribution in [0.5, 0.6) is 0 Å². The van der Waals surface area contributed by atoms with Gasteiger partial charge in [-0.15, -0.1) is 0 Å². The second kappa shape index (κ2) is 19.7. The van der Waals surface area contributed by atoms with Crippen LogP contribution < -0.4 is 10.6 Å². The van der Waals surface area contributed by atoms with Crippen LogP contribution in [0, 0.1) is 17.3 Å². The molecule has 364 valence electrons. The van der Waals surface area contributed by atoms with Crippen molar-refractivity contribution in [3.8, 4) is 0 Å². The smallest absolute Gasteiger partial charge is 0.339 e. The van der Waals surface area contributed by atoms with Crippen molar-refractivity contribution < 1.29 is 53.1 Å². The Bertz CT molecular complexity index is 2350. The van der Waals surface area contributed by atoms with Crippen molar-refractivity contribution in [2.24, 2.45) is 17.3 Å². The van der Waals surface area contributed by atoms with Crippen molar-refractivity contribution in [3.63, 3.8) is 0 Å². The van der Waals surface area contributed by atoms with Crippen LogP contribution in [0.1, 0.15) is 127 Å². The molecule has 0 aromatic heterocycles. The van der Waals surface area contributed by atoms with E-state index >= 15 is 0 Å². The number of hydrogen-bond donors (Lipinski definition) is 4. The third kappa shape index (κ3) is 10.7. The van der Waals surface area contributed by atoms with Crippen molar-refractivity contribution in [2.75, 3.05) is 6.61 Å². The molecule has 0 bridgehead atoms. The van der Waals surface area contributed by atoms with Crippen molar-refractivity contribution >= 4 is 29.8 Å². The average Bonchev–Trinajstić information content (AvgIpc) is 3.75. The first-order chi connectivity index (χ1) is 32.3. The SMILES string of the molecule is C[C@H](O)[C@@H](NC(=O)C1=C[C@H]2OC(c3ccccc3)(c3ccccc3)O[C@H]2[C@H](OC(=O)c2ccccc2C=C2CCC3O[C@]3(C)CC[C@@H]3[C@@H]2CC3(C)C)C1)C(=O)N[C@H](CO)CCC(=O)OC(C)(C)C. The number of esters is 2. The van der Waals surface area contributed by atoms with Crippen LogP contribution in [-0.2, 0) is 43.9 Å². The average molecular weight is 933 g/mol. The molecule has 4 N–H and O–H groups in total. The van der Waals surface area contributed by atoms with Gasteiger partial charge in [-0.25, -0.2) is 4.79 Å². The molecule has 2 saturated heterocycles. The van der Waals surface area contributed by atoms with E-state index in [1.165, 1.54) is 12.5 Å². The van der Waals surface area contributed by atoms with Crippen LogP contribution in [0.4, 0.5) is 0 Å². The molecule has 13 nitrogen and oxygen atoms in total. The molecule has 8 rings (SSSR count). The third-order valence-corrected chi connectivity index (χ3v) is 14.6. The van der Waals surface area contributed by atoms with Gasteiger partial charge in [0.25, 0.3) is 0 Å². The van der Waals surface area contributed by atoms with E-state index in [9.17, 15) is 29.4 Å². The zero-order chi connectivity index (χ0) is 48.6. The summed E-state index contributed by atoms with van der Waals surface area (Å²) in [5.41, 5.74) is 3.45. The highest BCUT2D eigenvalue weighted by Crippen LogP contribution is 2.60. The molecule has 13 heteroatoms. The summed E-state index contributed by atoms with van der Waals surface area (Å²) < 4.78 is 32.0. The van der Waals surface area contributed by atoms with Crippen LogP contribution in [0.25, 0.3) is 6.08 Å². The summed E-state index contributed by atoms with van der Waals surface area (Å²) in [6.45, 7) is 13.0. The Morgan fingerprint density at radius 1 is 0.882 bits per heavy atom. The molecule has 2 aliphatic heterocycles. The van der Waals surface area contributed by atoms with Crippen molar-refractivity contribution in [1.29, 1.82) is 0 Å². The van der Waals surface area contributed by atoms with E-state index in [-0.39, 0.29) is 42.0 Å². The van der Waals surface area contributed by atoms with Gasteiger partial charge in [0.2, 0.25) is 17.6 Å². The number of carbonyl (C=O) groups is 4. The molecule has 3 aromatic rings. The Labute approximate surface area is 400 Å². The number of hydrogen-bond acceptors (Lipinski definition) is 11. The van der Waals surface area contributed by atoms with Crippen LogP contribution >= 0.6 is 0 Å². The van der Waals surface area contributed by atoms with Gasteiger partial charge >= 0.3 is 11.9 Å². The first-order valence-corrected chi connectivity index (χ1v) is 24.3. The maximum Gasteiger partial charge on any atom is 0.339 e. The van der Waals surface area contributed by atoms with Crippen molar-refractivity contribution in [1.82, 2.24) is 10.6 Å². The van der Waals surface area contributed by atoms with E-state index in [1.54, 1.807) is 32.9 Å². The van der Waals surface area contributed by atoms with Gasteiger partial charge in [0.05, 0.1) is 36.0 Å². The number of allylic oxidation sites excluding steroid dienone is 1. The number of carbonyl (C=O) groups excluding carboxylic acids is 4. The molecule has 1 unspecified atom stereocenters. The van der Waals surface area contributed by atoms with Crippen LogP contribution in [0.2, 0.25) is 0 Å². The summed E-state index contributed by atoms with van der Waals surface area (Å²) in [5.74, 6) is -3.06. The van der Waals surface area contributed by atoms with Gasteiger partial charge in [-0.05, 0) is 108 Å². The van der Waals surface area contributed by atoms with E-state index < -0.39 is 78.2 Å². The minimum atomic E-state index is -1.45. The van der Waals surface area contributed by atoms with Gasteiger partial charge < -0.3 is 44.5 Å². The number of rotatable bonds is 14. The predicted molar refractivity (Wildman–Crippen MR) is 255 cm³/mol. The van der Waals surface area contributed by atoms with Gasteiger partial charge in [-0.2, -0.15) is 0 Å². The fourth-order valence-corrected chi connectivity index (χ4v) is 10.8. The normalized spacial score (nSPS) is 28.8. The van der Waals surface area contributed by atoms with Crippen LogP contribution in [0.15, 0.2) is 102 Å². The largest absolute Gasteiger partial charge is 0.460 e. The summed E-state index contributed by atoms with van der Waals surface area (Å²) in [7, 11) is 0. The van der Waals surface area contributed by atoms with Crippen molar-refractivity contribution in [2.45, 2.75) is 159 Å². The van der Waals surface area contributed by atoms with Gasteiger partial charge in [0.1, 0.15) is 30.0 Å². The molecule has 2 amide bonds. The number of amides is 2. The van der Waals surface area contributed by atoms with Crippen LogP contribution in [0.3, 0.4) is 0 Å². The molecule has 2 saturated carbocycles. The standard InChI is InChI=1S/C55H68N2O11/c1-33(59)47(50(62)56-39(32-58)23-25-46(60)67-52(2,3)4)57-49(61)36-29-43(48-44(30-36)65-55(68-48,37-17-10-8-11-18-37)38-19-12-9-13-20-38)64-51(63)40-21-15-14-16-34(40)28-35-22-24-45-54(7,66-45)27-26-42-41(35)31-53(42,5)6/h8-21,28,30,33,39,41-45,47-48,58-59H,22-27,29,31-32H2,1-7H3,(H,56,62)(H,57,61)/t33-,39-,41+,42+,43+,44+,45?,47+,48-,54+/m0/s1. The first-order valence-electron chi connectivity index (χ1n) is 24.3. The molecule has 68 heavy (non-hydrogen) atoms. The molecule has 3 aromatic carbocycles. The fraction of sp³-hybridized carbons (Fsp3) is 0.527. The molecular weight excluding hydrogens is 865 g/mol. The number of ether oxygens (including phenoxy) is 5. The molecule has 4 fully saturated rings. The summed E-state index contributed by atoms with van der Waals surface area (Å²) in [4.78, 5) is 55.2. The number of aliphatic hydroxyl groups is 2. The molecule has 0 radical (unpaired) electrons. The Kier molecular flexibility index (Phi) is 14.2. The van der Waals surface area contributed by atoms with Gasteiger partial charge in [0.15, 0.2) is 0 Å². The molecule has 10 atom stereocenters. The maximum atomic E-state index is 14.7. The lowest BCUT2D eigenvalue weighted by molar-refractivity contribution is -0.157. The summed E-state index contributed by atoms with van der Waals surface area (Å²) in [5, 5.41) is 26.3. The lowest BCUT2D eigenvalue weighted by Crippen LogP contribution is -2.55. The topological polar surface area (TPSA) is 182 Å². The molecular formula is C55H68N2O11. The van der Waals surface area contributed by atoms with E-state index in [1.807, 2.05) is 78.9 Å². The first kappa shape index (κ1) is 49.2. The summed E-state index contributed by atoms with van der Waals surface area (Å²) in [6, 6.07) is 24.0. The second-order valence-corrected chi connectivity index (χ2v) is 21.3. The minimum Gasteiger partial charge on any atom is -0.460 e. The van der Waals surface area contributed by atoms with Gasteiger partial charge in [0, 0.05) is 29.5 Å². The number of nitrogens with one attached hydrogen (secondary N) is 2. The van der Waals surface area contributed by atoms with Gasteiger partial charge in [-0.1, -0.05) is 104 Å². The van der Waals surface area contributed by atoms with Gasteiger partial charge in [-0.3, -0.25) is 14.4 Å². The quantitative estimate of drug-likeness (QED) is 0.0930. The molecule has 0 spiro atoms. The molecule has 5 aliphatic rings. The zero-order valence-electron chi connectivity index (χ0n) is 40.4. The van der Waals surface area contributed by atoms with E-state index in [0.29, 0.717) is 28.5 Å². The Balaban J connectivity index is 1.07. The van der Waals surface area contributed by atoms with E-state index in [2.05, 4.69) is 37.5 Å². The Morgan fingerprint density at radius 2 is 1.54 bits per heavy atom. The summed E-state index contributed by atoms with van der Waals surface area (Å²) >= 11 is 0. The van der Waals surface area contributed by atoms with Crippen molar-refractivity contribution in [3.05, 3.63) is 124 Å². The third-order valence-electron chi connectivity index (χ3n) is 14.6. The lowest BCUT2D eigenvalue weighted by atomic mass is 9.52. The highest BCUT2D eigenvalue weighted by Gasteiger charge is 2.57. The van der Waals surface area contributed by atoms with Crippen LogP contribution in [-0.4, -0.2) is 94.4 Å². The Morgan fingerprint density at radius 3 is 2.18 bits per heavy atom. The fourth-order valence-electron chi connectivity index (χ4n) is 10.8. The Hall–Kier alpha value is -5.18.